The average molecular weight is 600 g/mol. The second kappa shape index (κ2) is 12.3. The van der Waals surface area contributed by atoms with Gasteiger partial charge in [0.05, 0.1) is 44.3 Å². The van der Waals surface area contributed by atoms with E-state index in [1.165, 1.54) is 4.90 Å². The molecule has 10 heteroatoms. The van der Waals surface area contributed by atoms with Gasteiger partial charge in [-0.1, -0.05) is 30.3 Å². The predicted molar refractivity (Wildman–Crippen MR) is 163 cm³/mol. The minimum atomic E-state index is -1.21. The molecule has 10 nitrogen and oxygen atoms in total. The smallest absolute Gasteiger partial charge is 0.250 e. The zero-order valence-electron chi connectivity index (χ0n) is 24.8. The van der Waals surface area contributed by atoms with Gasteiger partial charge in [0.1, 0.15) is 23.1 Å². The van der Waals surface area contributed by atoms with Gasteiger partial charge < -0.3 is 34.9 Å². The van der Waals surface area contributed by atoms with Crippen LogP contribution in [-0.2, 0) is 25.5 Å². The van der Waals surface area contributed by atoms with Gasteiger partial charge in [-0.2, -0.15) is 0 Å². The molecule has 3 aliphatic rings. The molecule has 2 unspecified atom stereocenters. The van der Waals surface area contributed by atoms with Gasteiger partial charge in [-0.25, -0.2) is 0 Å². The number of carbonyl (C=O) groups is 3. The van der Waals surface area contributed by atoms with E-state index < -0.39 is 41.5 Å². The normalized spacial score (nSPS) is 25.8. The van der Waals surface area contributed by atoms with E-state index in [0.717, 1.165) is 5.56 Å². The largest absolute Gasteiger partial charge is 0.497 e. The summed E-state index contributed by atoms with van der Waals surface area (Å²) >= 11 is 0. The van der Waals surface area contributed by atoms with Crippen molar-refractivity contribution in [2.75, 3.05) is 31.0 Å². The van der Waals surface area contributed by atoms with Crippen LogP contribution in [0.3, 0.4) is 0 Å². The summed E-state index contributed by atoms with van der Waals surface area (Å²) in [6.45, 7) is 2.07. The zero-order chi connectivity index (χ0) is 30.8. The molecule has 6 rings (SSSR count). The average Bonchev–Trinajstić information content (AvgIpc) is 3.69. The van der Waals surface area contributed by atoms with Gasteiger partial charge in [-0.15, -0.1) is 0 Å². The van der Waals surface area contributed by atoms with Crippen LogP contribution in [0.15, 0.2) is 78.9 Å². The summed E-state index contributed by atoms with van der Waals surface area (Å²) in [6, 6.07) is 21.7. The second-order valence-corrected chi connectivity index (χ2v) is 11.5. The van der Waals surface area contributed by atoms with Gasteiger partial charge in [0.2, 0.25) is 17.7 Å². The molecular formula is C34H37N3O7. The number of likely N-dealkylation sites (tertiary alicyclic amines) is 1. The molecule has 3 aliphatic heterocycles. The third kappa shape index (κ3) is 5.28. The van der Waals surface area contributed by atoms with Crippen molar-refractivity contribution in [2.45, 2.75) is 50.0 Å². The van der Waals surface area contributed by atoms with E-state index in [-0.39, 0.29) is 18.4 Å². The molecule has 6 atom stereocenters. The number of carbonyl (C=O) groups excluding carboxylic acids is 3. The van der Waals surface area contributed by atoms with Crippen LogP contribution in [0.4, 0.5) is 11.4 Å². The Hall–Kier alpha value is -4.41. The fraction of sp³-hybridized carbons (Fsp3) is 0.382. The van der Waals surface area contributed by atoms with Gasteiger partial charge in [0, 0.05) is 11.4 Å². The number of rotatable bonds is 11. The lowest BCUT2D eigenvalue weighted by Gasteiger charge is -2.36. The van der Waals surface area contributed by atoms with Crippen LogP contribution in [0, 0.1) is 11.8 Å². The maximum absolute atomic E-state index is 14.4. The summed E-state index contributed by atoms with van der Waals surface area (Å²) in [6.07, 6.45) is 0.812. The first-order valence-corrected chi connectivity index (χ1v) is 15.0. The topological polar surface area (TPSA) is 126 Å². The number of hydrogen-bond donors (Lipinski definition) is 3. The van der Waals surface area contributed by atoms with E-state index in [0.29, 0.717) is 48.7 Å². The zero-order valence-corrected chi connectivity index (χ0v) is 24.8. The molecule has 1 spiro atoms. The summed E-state index contributed by atoms with van der Waals surface area (Å²) in [5, 5.41) is 16.5. The second-order valence-electron chi connectivity index (χ2n) is 11.5. The molecule has 0 aliphatic carbocycles. The lowest BCUT2D eigenvalue weighted by Crippen LogP contribution is -2.56. The molecule has 44 heavy (non-hydrogen) atoms. The van der Waals surface area contributed by atoms with Crippen molar-refractivity contribution < 1.29 is 33.7 Å². The number of benzene rings is 3. The number of methoxy groups -OCH3 is 1. The van der Waals surface area contributed by atoms with E-state index in [4.69, 9.17) is 14.2 Å². The Morgan fingerprint density at radius 3 is 2.23 bits per heavy atom. The van der Waals surface area contributed by atoms with E-state index >= 15 is 0 Å². The fourth-order valence-electron chi connectivity index (χ4n) is 7.13. The Kier molecular flexibility index (Phi) is 8.29. The molecule has 3 N–H and O–H groups in total. The van der Waals surface area contributed by atoms with Crippen LogP contribution in [-0.4, -0.2) is 71.8 Å². The summed E-state index contributed by atoms with van der Waals surface area (Å²) in [5.74, 6) is -1.45. The van der Waals surface area contributed by atoms with Gasteiger partial charge in [0.15, 0.2) is 0 Å². The lowest BCUT2D eigenvalue weighted by atomic mass is 9.70. The number of aliphatic hydroxyl groups excluding tert-OH is 1. The molecule has 0 saturated carbocycles. The van der Waals surface area contributed by atoms with Crippen LogP contribution >= 0.6 is 0 Å². The maximum atomic E-state index is 14.4. The van der Waals surface area contributed by atoms with Crippen LogP contribution in [0.1, 0.15) is 25.3 Å². The number of nitrogens with zero attached hydrogens (tertiary/aromatic N) is 1. The molecule has 2 bridgehead atoms. The first-order chi connectivity index (χ1) is 21.4. The lowest BCUT2D eigenvalue weighted by molar-refractivity contribution is -0.143. The first kappa shape index (κ1) is 29.7. The summed E-state index contributed by atoms with van der Waals surface area (Å²) in [4.78, 5) is 43.9. The van der Waals surface area contributed by atoms with Crippen LogP contribution in [0.5, 0.6) is 11.5 Å². The molecule has 3 saturated heterocycles. The van der Waals surface area contributed by atoms with Gasteiger partial charge in [-0.05, 0) is 80.3 Å². The minimum Gasteiger partial charge on any atom is -0.497 e. The van der Waals surface area contributed by atoms with Crippen molar-refractivity contribution >= 4 is 29.1 Å². The molecular weight excluding hydrogens is 562 g/mol. The van der Waals surface area contributed by atoms with E-state index in [9.17, 15) is 19.5 Å². The number of aliphatic hydroxyl groups is 1. The van der Waals surface area contributed by atoms with Gasteiger partial charge in [0.25, 0.3) is 0 Å². The highest BCUT2D eigenvalue weighted by Crippen LogP contribution is 2.59. The molecule has 3 amide bonds. The van der Waals surface area contributed by atoms with Gasteiger partial charge >= 0.3 is 0 Å². The van der Waals surface area contributed by atoms with Gasteiger partial charge in [-0.3, -0.25) is 14.4 Å². The summed E-state index contributed by atoms with van der Waals surface area (Å²) in [7, 11) is 1.56. The minimum absolute atomic E-state index is 0.334. The highest BCUT2D eigenvalue weighted by atomic mass is 16.5. The maximum Gasteiger partial charge on any atom is 0.250 e. The van der Waals surface area contributed by atoms with E-state index in [1.54, 1.807) is 55.6 Å². The predicted octanol–water partition coefficient (Wildman–Crippen LogP) is 3.65. The summed E-state index contributed by atoms with van der Waals surface area (Å²) in [5.41, 5.74) is 0.814. The Balaban J connectivity index is 1.32. The molecule has 0 radical (unpaired) electrons. The van der Waals surface area contributed by atoms with Crippen LogP contribution < -0.4 is 20.1 Å². The number of amides is 3. The van der Waals surface area contributed by atoms with Crippen molar-refractivity contribution in [2.24, 2.45) is 11.8 Å². The standard InChI is InChI=1S/C34H37N3O7/c1-3-43-26-15-11-22(12-16-26)35-31(39)28-27-17-18-34(44-27)29(28)33(41)37(24(20-38)19-21-7-5-4-6-8-21)30(34)32(40)36-23-9-13-25(42-2)14-10-23/h4-16,24,27-30,38H,3,17-20H2,1-2H3,(H,35,39)(H,36,40)/t24-,27+,28-,29+,30?,34?/m1/s1. The van der Waals surface area contributed by atoms with Crippen molar-refractivity contribution in [1.29, 1.82) is 0 Å². The van der Waals surface area contributed by atoms with Crippen molar-refractivity contribution in [1.82, 2.24) is 4.90 Å². The number of nitrogens with one attached hydrogen (secondary N) is 2. The number of fused-ring (bicyclic) bond motifs is 1. The number of ether oxygens (including phenoxy) is 3. The third-order valence-corrected chi connectivity index (χ3v) is 9.00. The molecule has 3 aromatic carbocycles. The molecule has 0 aromatic heterocycles. The Morgan fingerprint density at radius 2 is 1.61 bits per heavy atom. The Labute approximate surface area is 256 Å². The highest BCUT2D eigenvalue weighted by molar-refractivity contribution is 6.05. The van der Waals surface area contributed by atoms with Crippen molar-refractivity contribution in [3.63, 3.8) is 0 Å². The van der Waals surface area contributed by atoms with Crippen LogP contribution in [0.2, 0.25) is 0 Å². The van der Waals surface area contributed by atoms with Crippen molar-refractivity contribution in [3.05, 3.63) is 84.4 Å². The monoisotopic (exact) mass is 599 g/mol. The third-order valence-electron chi connectivity index (χ3n) is 9.00. The summed E-state index contributed by atoms with van der Waals surface area (Å²) < 4.78 is 17.3. The Morgan fingerprint density at radius 1 is 0.977 bits per heavy atom. The molecule has 3 aromatic rings. The van der Waals surface area contributed by atoms with Crippen molar-refractivity contribution in [3.8, 4) is 11.5 Å². The first-order valence-electron chi connectivity index (χ1n) is 15.0. The highest BCUT2D eigenvalue weighted by Gasteiger charge is 2.75. The number of hydrogen-bond acceptors (Lipinski definition) is 7. The van der Waals surface area contributed by atoms with E-state index in [2.05, 4.69) is 10.6 Å². The quantitative estimate of drug-likeness (QED) is 0.307. The van der Waals surface area contributed by atoms with Crippen LogP contribution in [0.25, 0.3) is 0 Å². The SMILES string of the molecule is CCOc1ccc(NC(=O)[C@@H]2[C@@H]3CCC4(O3)C(C(=O)Nc3ccc(OC)cc3)N([C@@H](CO)Cc3ccccc3)C(=O)[C@H]24)cc1. The fourth-order valence-corrected chi connectivity index (χ4v) is 7.13. The number of anilines is 2. The molecule has 3 fully saturated rings. The Bertz CT molecular complexity index is 1500. The molecule has 3 heterocycles. The van der Waals surface area contributed by atoms with E-state index in [1.807, 2.05) is 37.3 Å². The molecule has 230 valence electrons.